The Labute approximate surface area is 121 Å². The maximum absolute atomic E-state index is 12.2. The van der Waals surface area contributed by atoms with E-state index in [0.29, 0.717) is 19.4 Å². The van der Waals surface area contributed by atoms with E-state index in [2.05, 4.69) is 4.98 Å². The second-order valence-electron chi connectivity index (χ2n) is 4.38. The van der Waals surface area contributed by atoms with Gasteiger partial charge in [0.05, 0.1) is 17.2 Å². The molecule has 1 aromatic rings. The Hall–Kier alpha value is -1.18. The Kier molecular flexibility index (Phi) is 5.71. The first-order valence-corrected chi connectivity index (χ1v) is 6.76. The van der Waals surface area contributed by atoms with Crippen LogP contribution in [-0.4, -0.2) is 40.3 Å². The van der Waals surface area contributed by atoms with Crippen LogP contribution in [0.5, 0.6) is 0 Å². The Bertz CT molecular complexity index is 440. The van der Waals surface area contributed by atoms with Gasteiger partial charge < -0.3 is 16.4 Å². The Morgan fingerprint density at radius 3 is 2.89 bits per heavy atom. The SMILES string of the molecule is Cl.NC(=O)[C@@H]1CCCN1C(=O)[C@@H](N)Cc1cscn1. The molecule has 1 aliphatic heterocycles. The minimum atomic E-state index is -0.660. The number of hydrogen-bond donors (Lipinski definition) is 2. The van der Waals surface area contributed by atoms with Crippen molar-refractivity contribution in [3.63, 3.8) is 0 Å². The van der Waals surface area contributed by atoms with Crippen LogP contribution < -0.4 is 11.5 Å². The van der Waals surface area contributed by atoms with Gasteiger partial charge in [0.1, 0.15) is 6.04 Å². The molecule has 0 saturated carbocycles. The summed E-state index contributed by atoms with van der Waals surface area (Å²) in [5, 5.41) is 1.86. The highest BCUT2D eigenvalue weighted by atomic mass is 35.5. The van der Waals surface area contributed by atoms with Gasteiger partial charge in [-0.3, -0.25) is 9.59 Å². The summed E-state index contributed by atoms with van der Waals surface area (Å²) in [5.41, 5.74) is 13.7. The third-order valence-corrected chi connectivity index (χ3v) is 3.73. The number of halogens is 1. The monoisotopic (exact) mass is 304 g/mol. The van der Waals surface area contributed by atoms with Crippen molar-refractivity contribution in [2.45, 2.75) is 31.3 Å². The molecular formula is C11H17ClN4O2S. The van der Waals surface area contributed by atoms with E-state index in [0.717, 1.165) is 12.1 Å². The largest absolute Gasteiger partial charge is 0.368 e. The maximum atomic E-state index is 12.2. The van der Waals surface area contributed by atoms with Crippen LogP contribution in [0.15, 0.2) is 10.9 Å². The maximum Gasteiger partial charge on any atom is 0.240 e. The molecule has 2 rings (SSSR count). The molecule has 2 atom stereocenters. The highest BCUT2D eigenvalue weighted by Crippen LogP contribution is 2.18. The lowest BCUT2D eigenvalue weighted by Crippen LogP contribution is -2.50. The fourth-order valence-corrected chi connectivity index (χ4v) is 2.76. The first-order chi connectivity index (χ1) is 8.59. The summed E-state index contributed by atoms with van der Waals surface area (Å²) in [7, 11) is 0. The van der Waals surface area contributed by atoms with Crippen LogP contribution in [0.2, 0.25) is 0 Å². The van der Waals surface area contributed by atoms with Crippen molar-refractivity contribution in [2.75, 3.05) is 6.54 Å². The third kappa shape index (κ3) is 3.65. The van der Waals surface area contributed by atoms with Crippen molar-refractivity contribution >= 4 is 35.6 Å². The molecule has 1 fully saturated rings. The minimum absolute atomic E-state index is 0. The Morgan fingerprint density at radius 1 is 1.58 bits per heavy atom. The smallest absolute Gasteiger partial charge is 0.240 e. The molecule has 0 unspecified atom stereocenters. The highest BCUT2D eigenvalue weighted by Gasteiger charge is 2.34. The van der Waals surface area contributed by atoms with E-state index >= 15 is 0 Å². The summed E-state index contributed by atoms with van der Waals surface area (Å²) in [6, 6.07) is -1.16. The number of likely N-dealkylation sites (tertiary alicyclic amines) is 1. The van der Waals surface area contributed by atoms with Gasteiger partial charge in [-0.25, -0.2) is 4.98 Å². The van der Waals surface area contributed by atoms with Gasteiger partial charge in [0, 0.05) is 18.3 Å². The van der Waals surface area contributed by atoms with E-state index < -0.39 is 18.0 Å². The second-order valence-corrected chi connectivity index (χ2v) is 5.10. The molecule has 0 bridgehead atoms. The third-order valence-electron chi connectivity index (χ3n) is 3.09. The zero-order valence-corrected chi connectivity index (χ0v) is 12.0. The first-order valence-electron chi connectivity index (χ1n) is 5.82. The van der Waals surface area contributed by atoms with Gasteiger partial charge in [0.2, 0.25) is 11.8 Å². The molecule has 2 amide bonds. The van der Waals surface area contributed by atoms with Crippen molar-refractivity contribution < 1.29 is 9.59 Å². The van der Waals surface area contributed by atoms with E-state index in [1.807, 2.05) is 5.38 Å². The molecule has 2 heterocycles. The number of nitrogens with two attached hydrogens (primary N) is 2. The van der Waals surface area contributed by atoms with Crippen LogP contribution in [-0.2, 0) is 16.0 Å². The number of rotatable bonds is 4. The number of hydrogen-bond acceptors (Lipinski definition) is 5. The molecule has 0 aromatic carbocycles. The van der Waals surface area contributed by atoms with Crippen molar-refractivity contribution in [1.82, 2.24) is 9.88 Å². The van der Waals surface area contributed by atoms with Crippen LogP contribution >= 0.6 is 23.7 Å². The number of carbonyl (C=O) groups excluding carboxylic acids is 2. The number of thiazole rings is 1. The Morgan fingerprint density at radius 2 is 2.32 bits per heavy atom. The van der Waals surface area contributed by atoms with Gasteiger partial charge in [-0.2, -0.15) is 0 Å². The van der Waals surface area contributed by atoms with Crippen LogP contribution in [0.25, 0.3) is 0 Å². The molecule has 0 aliphatic carbocycles. The van der Waals surface area contributed by atoms with Crippen molar-refractivity contribution in [3.05, 3.63) is 16.6 Å². The fraction of sp³-hybridized carbons (Fsp3) is 0.545. The van der Waals surface area contributed by atoms with E-state index in [-0.39, 0.29) is 18.3 Å². The number of amides is 2. The Balaban J connectivity index is 0.00000180. The molecule has 1 saturated heterocycles. The molecule has 0 spiro atoms. The lowest BCUT2D eigenvalue weighted by molar-refractivity contribution is -0.138. The topological polar surface area (TPSA) is 102 Å². The molecule has 106 valence electrons. The van der Waals surface area contributed by atoms with Crippen LogP contribution in [0.3, 0.4) is 0 Å². The normalized spacial score (nSPS) is 19.8. The van der Waals surface area contributed by atoms with E-state index in [9.17, 15) is 9.59 Å². The van der Waals surface area contributed by atoms with E-state index in [1.54, 1.807) is 5.51 Å². The first kappa shape index (κ1) is 15.9. The average Bonchev–Trinajstić information content (AvgIpc) is 2.97. The summed E-state index contributed by atoms with van der Waals surface area (Å²) in [5.74, 6) is -0.675. The average molecular weight is 305 g/mol. The predicted octanol–water partition coefficient (Wildman–Crippen LogP) is -0.0890. The van der Waals surface area contributed by atoms with E-state index in [1.165, 1.54) is 16.2 Å². The molecule has 0 radical (unpaired) electrons. The highest BCUT2D eigenvalue weighted by molar-refractivity contribution is 7.07. The quantitative estimate of drug-likeness (QED) is 0.811. The van der Waals surface area contributed by atoms with Gasteiger partial charge in [-0.15, -0.1) is 23.7 Å². The number of carbonyl (C=O) groups is 2. The zero-order valence-electron chi connectivity index (χ0n) is 10.3. The molecule has 19 heavy (non-hydrogen) atoms. The number of aromatic nitrogens is 1. The van der Waals surface area contributed by atoms with Gasteiger partial charge in [0.15, 0.2) is 0 Å². The van der Waals surface area contributed by atoms with Gasteiger partial charge in [-0.05, 0) is 12.8 Å². The molecule has 8 heteroatoms. The summed E-state index contributed by atoms with van der Waals surface area (Å²) in [6.07, 6.45) is 1.82. The van der Waals surface area contributed by atoms with Crippen LogP contribution in [0, 0.1) is 0 Å². The van der Waals surface area contributed by atoms with Crippen molar-refractivity contribution in [3.8, 4) is 0 Å². The summed E-state index contributed by atoms with van der Waals surface area (Å²) >= 11 is 1.47. The van der Waals surface area contributed by atoms with Gasteiger partial charge in [-0.1, -0.05) is 0 Å². The molecular weight excluding hydrogens is 288 g/mol. The molecule has 6 nitrogen and oxygen atoms in total. The standard InChI is InChI=1S/C11H16N4O2S.ClH/c12-8(4-7-5-18-6-14-7)11(17)15-3-1-2-9(15)10(13)16;/h5-6,8-9H,1-4,12H2,(H2,13,16);1H/t8-,9-;/m0./s1. The lowest BCUT2D eigenvalue weighted by atomic mass is 10.1. The summed E-state index contributed by atoms with van der Waals surface area (Å²) in [6.45, 7) is 0.553. The molecule has 1 aliphatic rings. The zero-order chi connectivity index (χ0) is 13.1. The van der Waals surface area contributed by atoms with E-state index in [4.69, 9.17) is 11.5 Å². The second kappa shape index (κ2) is 6.83. The van der Waals surface area contributed by atoms with Crippen LogP contribution in [0.4, 0.5) is 0 Å². The minimum Gasteiger partial charge on any atom is -0.368 e. The number of nitrogens with zero attached hydrogens (tertiary/aromatic N) is 2. The predicted molar refractivity (Wildman–Crippen MR) is 75.0 cm³/mol. The lowest BCUT2D eigenvalue weighted by Gasteiger charge is -2.25. The van der Waals surface area contributed by atoms with Crippen molar-refractivity contribution in [1.29, 1.82) is 0 Å². The molecule has 4 N–H and O–H groups in total. The van der Waals surface area contributed by atoms with Crippen molar-refractivity contribution in [2.24, 2.45) is 11.5 Å². The molecule has 1 aromatic heterocycles. The van der Waals surface area contributed by atoms with Crippen LogP contribution in [0.1, 0.15) is 18.5 Å². The summed E-state index contributed by atoms with van der Waals surface area (Å²) in [4.78, 5) is 29.0. The fourth-order valence-electron chi connectivity index (χ4n) is 2.19. The number of primary amides is 1. The summed E-state index contributed by atoms with van der Waals surface area (Å²) < 4.78 is 0. The van der Waals surface area contributed by atoms with Gasteiger partial charge >= 0.3 is 0 Å². The van der Waals surface area contributed by atoms with Gasteiger partial charge in [0.25, 0.3) is 0 Å².